The van der Waals surface area contributed by atoms with Gasteiger partial charge < -0.3 is 19.7 Å². The van der Waals surface area contributed by atoms with Crippen LogP contribution in [0.15, 0.2) is 48.5 Å². The molecule has 2 aliphatic rings. The lowest BCUT2D eigenvalue weighted by molar-refractivity contribution is -0.125. The Morgan fingerprint density at radius 2 is 1.88 bits per heavy atom. The lowest BCUT2D eigenvalue weighted by atomic mass is 10.0. The first-order valence-corrected chi connectivity index (χ1v) is 10.9. The highest BCUT2D eigenvalue weighted by molar-refractivity contribution is 6.00. The molecular weight excluding hydrogens is 413 g/mol. The van der Waals surface area contributed by atoms with Gasteiger partial charge in [0.2, 0.25) is 5.91 Å². The van der Waals surface area contributed by atoms with Crippen LogP contribution in [-0.4, -0.2) is 62.2 Å². The van der Waals surface area contributed by atoms with Crippen molar-refractivity contribution in [1.82, 2.24) is 10.2 Å². The fourth-order valence-corrected chi connectivity index (χ4v) is 4.13. The van der Waals surface area contributed by atoms with Crippen LogP contribution in [0.25, 0.3) is 0 Å². The minimum absolute atomic E-state index is 0.0748. The van der Waals surface area contributed by atoms with Gasteiger partial charge in [0.05, 0.1) is 24.9 Å². The van der Waals surface area contributed by atoms with E-state index >= 15 is 0 Å². The van der Waals surface area contributed by atoms with Gasteiger partial charge in [-0.15, -0.1) is 0 Å². The Morgan fingerprint density at radius 1 is 1.16 bits per heavy atom. The first kappa shape index (κ1) is 22.2. The summed E-state index contributed by atoms with van der Waals surface area (Å²) in [6.07, 6.45) is -0.413. The summed E-state index contributed by atoms with van der Waals surface area (Å²) in [6.45, 7) is 5.12. The molecule has 0 aliphatic carbocycles. The zero-order valence-corrected chi connectivity index (χ0v) is 18.1. The Bertz CT molecular complexity index is 947. The predicted octanol–water partition coefficient (Wildman–Crippen LogP) is 2.52. The van der Waals surface area contributed by atoms with Gasteiger partial charge in [-0.2, -0.15) is 0 Å². The summed E-state index contributed by atoms with van der Waals surface area (Å²) in [5, 5.41) is 3.00. The fraction of sp³-hybridized carbons (Fsp3) is 0.417. The largest absolute Gasteiger partial charge is 0.479 e. The minimum Gasteiger partial charge on any atom is -0.479 e. The van der Waals surface area contributed by atoms with Crippen LogP contribution >= 0.6 is 0 Å². The molecule has 32 heavy (non-hydrogen) atoms. The molecule has 0 bridgehead atoms. The molecule has 1 saturated heterocycles. The molecule has 1 N–H and O–H groups in total. The molecule has 2 heterocycles. The summed E-state index contributed by atoms with van der Waals surface area (Å²) in [7, 11) is 0. The molecule has 0 aromatic heterocycles. The van der Waals surface area contributed by atoms with E-state index in [0.29, 0.717) is 31.2 Å². The van der Waals surface area contributed by atoms with Crippen LogP contribution in [0.4, 0.5) is 10.1 Å². The molecule has 2 unspecified atom stereocenters. The third-order valence-electron chi connectivity index (χ3n) is 5.87. The third kappa shape index (κ3) is 5.08. The maximum absolute atomic E-state index is 13.4. The zero-order chi connectivity index (χ0) is 22.5. The fourth-order valence-electron chi connectivity index (χ4n) is 4.13. The molecule has 0 radical (unpaired) electrons. The number of halogens is 1. The van der Waals surface area contributed by atoms with E-state index in [-0.39, 0.29) is 36.6 Å². The lowest BCUT2D eigenvalue weighted by Crippen LogP contribution is -2.46. The predicted molar refractivity (Wildman–Crippen MR) is 118 cm³/mol. The van der Waals surface area contributed by atoms with Crippen molar-refractivity contribution < 1.29 is 23.5 Å². The number of rotatable bonds is 7. The van der Waals surface area contributed by atoms with Gasteiger partial charge >= 0.3 is 0 Å². The molecule has 2 aliphatic heterocycles. The van der Waals surface area contributed by atoms with Gasteiger partial charge in [-0.1, -0.05) is 24.3 Å². The summed E-state index contributed by atoms with van der Waals surface area (Å²) in [5.41, 5.74) is 1.63. The van der Waals surface area contributed by atoms with E-state index in [1.807, 2.05) is 24.3 Å². The van der Waals surface area contributed by atoms with E-state index in [2.05, 4.69) is 10.2 Å². The second-order valence-corrected chi connectivity index (χ2v) is 7.99. The smallest absolute Gasteiger partial charge is 0.267 e. The number of nitrogens with zero attached hydrogens (tertiary/aromatic N) is 2. The van der Waals surface area contributed by atoms with Gasteiger partial charge in [0.1, 0.15) is 11.6 Å². The zero-order valence-electron chi connectivity index (χ0n) is 18.1. The molecule has 4 rings (SSSR count). The molecule has 8 heteroatoms. The Morgan fingerprint density at radius 3 is 2.62 bits per heavy atom. The summed E-state index contributed by atoms with van der Waals surface area (Å²) in [6, 6.07) is 13.6. The van der Waals surface area contributed by atoms with Crippen LogP contribution in [-0.2, 0) is 14.3 Å². The highest BCUT2D eigenvalue weighted by Crippen LogP contribution is 2.33. The number of hydrogen-bond acceptors (Lipinski definition) is 5. The molecule has 0 saturated carbocycles. The number of para-hydroxylation sites is 2. The van der Waals surface area contributed by atoms with E-state index in [1.165, 1.54) is 12.1 Å². The topological polar surface area (TPSA) is 71.1 Å². The van der Waals surface area contributed by atoms with Gasteiger partial charge in [-0.25, -0.2) is 4.39 Å². The normalized spacial score (nSPS) is 19.8. The average Bonchev–Trinajstić information content (AvgIpc) is 2.81. The number of ether oxygens (including phenoxy) is 2. The summed E-state index contributed by atoms with van der Waals surface area (Å²) in [4.78, 5) is 29.1. The summed E-state index contributed by atoms with van der Waals surface area (Å²) < 4.78 is 24.5. The maximum Gasteiger partial charge on any atom is 0.267 e. The minimum atomic E-state index is -0.586. The molecule has 2 aromatic rings. The Kier molecular flexibility index (Phi) is 7.02. The third-order valence-corrected chi connectivity index (χ3v) is 5.87. The first-order valence-electron chi connectivity index (χ1n) is 10.9. The van der Waals surface area contributed by atoms with Crippen LogP contribution < -0.4 is 15.0 Å². The first-order chi connectivity index (χ1) is 15.5. The van der Waals surface area contributed by atoms with Crippen molar-refractivity contribution in [2.75, 3.05) is 44.3 Å². The van der Waals surface area contributed by atoms with E-state index in [1.54, 1.807) is 24.0 Å². The number of benzene rings is 2. The van der Waals surface area contributed by atoms with Gasteiger partial charge in [0.15, 0.2) is 6.10 Å². The van der Waals surface area contributed by atoms with Crippen molar-refractivity contribution in [1.29, 1.82) is 0 Å². The molecule has 170 valence electrons. The molecule has 2 aromatic carbocycles. The van der Waals surface area contributed by atoms with E-state index in [9.17, 15) is 14.0 Å². The SMILES string of the molecule is CC1Oc2ccccc2N(CCC(=O)NCC(c2ccc(F)cc2)N2CCOCC2)C1=O. The van der Waals surface area contributed by atoms with E-state index in [0.717, 1.165) is 18.7 Å². The van der Waals surface area contributed by atoms with E-state index < -0.39 is 6.10 Å². The van der Waals surface area contributed by atoms with Crippen LogP contribution in [0.3, 0.4) is 0 Å². The monoisotopic (exact) mass is 441 g/mol. The Hall–Kier alpha value is -2.97. The Balaban J connectivity index is 1.38. The molecule has 2 amide bonds. The van der Waals surface area contributed by atoms with E-state index in [4.69, 9.17) is 9.47 Å². The number of carbonyl (C=O) groups excluding carboxylic acids is 2. The second-order valence-electron chi connectivity index (χ2n) is 7.99. The molecule has 1 fully saturated rings. The Labute approximate surface area is 187 Å². The van der Waals surface area contributed by atoms with Crippen LogP contribution in [0.1, 0.15) is 24.9 Å². The number of fused-ring (bicyclic) bond motifs is 1. The summed E-state index contributed by atoms with van der Waals surface area (Å²) >= 11 is 0. The molecule has 7 nitrogen and oxygen atoms in total. The number of amides is 2. The van der Waals surface area contributed by atoms with Crippen molar-refractivity contribution in [3.63, 3.8) is 0 Å². The standard InChI is InChI=1S/C24H28FN3O4/c1-17-24(30)28(20-4-2-3-5-22(20)32-17)11-10-23(29)26-16-21(27-12-14-31-15-13-27)18-6-8-19(25)9-7-18/h2-9,17,21H,10-16H2,1H3,(H,26,29). The van der Waals surface area contributed by atoms with Gasteiger partial charge in [0.25, 0.3) is 5.91 Å². The maximum atomic E-state index is 13.4. The van der Waals surface area contributed by atoms with Crippen molar-refractivity contribution >= 4 is 17.5 Å². The molecular formula is C24H28FN3O4. The number of anilines is 1. The van der Waals surface area contributed by atoms with Crippen LogP contribution in [0, 0.1) is 5.82 Å². The number of morpholine rings is 1. The number of nitrogens with one attached hydrogen (secondary N) is 1. The summed E-state index contributed by atoms with van der Waals surface area (Å²) in [5.74, 6) is 0.0516. The van der Waals surface area contributed by atoms with Crippen molar-refractivity contribution in [3.05, 3.63) is 59.9 Å². The van der Waals surface area contributed by atoms with Crippen molar-refractivity contribution in [3.8, 4) is 5.75 Å². The van der Waals surface area contributed by atoms with Crippen LogP contribution in [0.5, 0.6) is 5.75 Å². The van der Waals surface area contributed by atoms with Crippen molar-refractivity contribution in [2.24, 2.45) is 0 Å². The highest BCUT2D eigenvalue weighted by atomic mass is 19.1. The lowest BCUT2D eigenvalue weighted by Gasteiger charge is -2.35. The number of carbonyl (C=O) groups is 2. The molecule has 2 atom stereocenters. The molecule has 0 spiro atoms. The quantitative estimate of drug-likeness (QED) is 0.715. The second kappa shape index (κ2) is 10.1. The van der Waals surface area contributed by atoms with Crippen LogP contribution in [0.2, 0.25) is 0 Å². The van der Waals surface area contributed by atoms with Gasteiger partial charge in [-0.3, -0.25) is 14.5 Å². The number of hydrogen-bond donors (Lipinski definition) is 1. The highest BCUT2D eigenvalue weighted by Gasteiger charge is 2.31. The average molecular weight is 442 g/mol. The van der Waals surface area contributed by atoms with Gasteiger partial charge in [-0.05, 0) is 36.8 Å². The van der Waals surface area contributed by atoms with Crippen molar-refractivity contribution in [2.45, 2.75) is 25.5 Å². The van der Waals surface area contributed by atoms with Gasteiger partial charge in [0, 0.05) is 32.6 Å².